The molecule has 7 heteroatoms. The summed E-state index contributed by atoms with van der Waals surface area (Å²) < 4.78 is 29.6. The van der Waals surface area contributed by atoms with Crippen LogP contribution in [0.15, 0.2) is 41.6 Å². The first kappa shape index (κ1) is 13.2. The third-order valence-corrected chi connectivity index (χ3v) is 2.71. The van der Waals surface area contributed by atoms with Crippen molar-refractivity contribution < 1.29 is 13.0 Å². The van der Waals surface area contributed by atoms with Crippen molar-refractivity contribution in [2.24, 2.45) is 0 Å². The van der Waals surface area contributed by atoms with E-state index in [0.29, 0.717) is 5.95 Å². The van der Waals surface area contributed by atoms with Gasteiger partial charge in [0.15, 0.2) is 5.95 Å². The third kappa shape index (κ3) is 4.66. The number of rotatable bonds is 1. The Morgan fingerprint density at radius 3 is 2.18 bits per heavy atom. The Morgan fingerprint density at radius 2 is 1.88 bits per heavy atom. The van der Waals surface area contributed by atoms with Crippen LogP contribution in [0.2, 0.25) is 0 Å². The van der Waals surface area contributed by atoms with E-state index in [1.54, 1.807) is 24.5 Å². The zero-order valence-electron chi connectivity index (χ0n) is 9.16. The van der Waals surface area contributed by atoms with E-state index in [2.05, 4.69) is 9.97 Å². The van der Waals surface area contributed by atoms with Gasteiger partial charge >= 0.3 is 0 Å². The first-order valence-corrected chi connectivity index (χ1v) is 6.12. The predicted octanol–water partition coefficient (Wildman–Crippen LogP) is 1.23. The lowest BCUT2D eigenvalue weighted by molar-refractivity contribution is 0.483. The molecule has 0 atom stereocenters. The van der Waals surface area contributed by atoms with E-state index >= 15 is 0 Å². The molecule has 1 heterocycles. The third-order valence-electron chi connectivity index (χ3n) is 1.84. The highest BCUT2D eigenvalue weighted by molar-refractivity contribution is 7.85. The van der Waals surface area contributed by atoms with Crippen molar-refractivity contribution in [3.63, 3.8) is 0 Å². The van der Waals surface area contributed by atoms with Crippen molar-refractivity contribution >= 4 is 16.1 Å². The predicted molar refractivity (Wildman–Crippen MR) is 64.0 cm³/mol. The number of benzene rings is 1. The van der Waals surface area contributed by atoms with Gasteiger partial charge in [-0.25, -0.2) is 4.98 Å². The van der Waals surface area contributed by atoms with E-state index in [9.17, 15) is 8.42 Å². The molecule has 0 aliphatic heterocycles. The van der Waals surface area contributed by atoms with Gasteiger partial charge in [0.05, 0.1) is 4.90 Å². The molecule has 0 radical (unpaired) electrons. The van der Waals surface area contributed by atoms with Gasteiger partial charge in [0, 0.05) is 12.4 Å². The van der Waals surface area contributed by atoms with Gasteiger partial charge < -0.3 is 10.7 Å². The average molecular weight is 255 g/mol. The van der Waals surface area contributed by atoms with E-state index < -0.39 is 10.1 Å². The van der Waals surface area contributed by atoms with Crippen molar-refractivity contribution in [2.75, 3.05) is 5.73 Å². The molecule has 0 spiro atoms. The number of H-pyrrole nitrogens is 1. The number of anilines is 1. The van der Waals surface area contributed by atoms with E-state index in [0.717, 1.165) is 5.56 Å². The molecule has 0 fully saturated rings. The SMILES string of the molecule is Cc1ccc(S(=O)(=O)O)cc1.Nc1ncc[nH]1. The highest BCUT2D eigenvalue weighted by Gasteiger charge is 2.06. The molecule has 0 aliphatic carbocycles. The van der Waals surface area contributed by atoms with Crippen LogP contribution in [0.3, 0.4) is 0 Å². The second-order valence-corrected chi connectivity index (χ2v) is 4.68. The molecule has 1 aromatic carbocycles. The lowest BCUT2D eigenvalue weighted by Gasteiger charge is -1.95. The molecular formula is C10H13N3O3S. The first-order valence-electron chi connectivity index (χ1n) is 4.68. The van der Waals surface area contributed by atoms with Crippen LogP contribution >= 0.6 is 0 Å². The van der Waals surface area contributed by atoms with Gasteiger partial charge in [-0.2, -0.15) is 8.42 Å². The number of hydrogen-bond acceptors (Lipinski definition) is 4. The molecular weight excluding hydrogens is 242 g/mol. The minimum Gasteiger partial charge on any atom is -0.369 e. The number of nitrogens with two attached hydrogens (primary N) is 1. The number of hydrogen-bond donors (Lipinski definition) is 3. The Morgan fingerprint density at radius 1 is 1.29 bits per heavy atom. The van der Waals surface area contributed by atoms with Gasteiger partial charge in [-0.3, -0.25) is 4.55 Å². The summed E-state index contributed by atoms with van der Waals surface area (Å²) in [5, 5.41) is 0. The molecule has 0 saturated heterocycles. The van der Waals surface area contributed by atoms with Crippen molar-refractivity contribution in [2.45, 2.75) is 11.8 Å². The number of aromatic nitrogens is 2. The highest BCUT2D eigenvalue weighted by atomic mass is 32.2. The molecule has 1 aromatic heterocycles. The molecule has 0 bridgehead atoms. The summed E-state index contributed by atoms with van der Waals surface area (Å²) in [5.41, 5.74) is 6.07. The topological polar surface area (TPSA) is 109 Å². The normalized spacial score (nSPS) is 10.5. The van der Waals surface area contributed by atoms with Crippen LogP contribution < -0.4 is 5.73 Å². The lowest BCUT2D eigenvalue weighted by atomic mass is 10.2. The van der Waals surface area contributed by atoms with E-state index in [4.69, 9.17) is 10.3 Å². The van der Waals surface area contributed by atoms with Crippen molar-refractivity contribution in [3.8, 4) is 0 Å². The molecule has 4 N–H and O–H groups in total. The number of nitrogens with zero attached hydrogens (tertiary/aromatic N) is 1. The maximum absolute atomic E-state index is 10.5. The maximum atomic E-state index is 10.5. The molecule has 0 amide bonds. The Labute approximate surface area is 99.3 Å². The number of nitrogen functional groups attached to an aromatic ring is 1. The van der Waals surface area contributed by atoms with Crippen molar-refractivity contribution in [1.29, 1.82) is 0 Å². The number of aryl methyl sites for hydroxylation is 1. The fourth-order valence-corrected chi connectivity index (χ4v) is 1.47. The van der Waals surface area contributed by atoms with E-state index in [1.165, 1.54) is 12.1 Å². The van der Waals surface area contributed by atoms with Crippen LogP contribution in [0.5, 0.6) is 0 Å². The summed E-state index contributed by atoms with van der Waals surface area (Å²) in [6.07, 6.45) is 3.28. The van der Waals surface area contributed by atoms with E-state index in [1.807, 2.05) is 6.92 Å². The molecule has 17 heavy (non-hydrogen) atoms. The average Bonchev–Trinajstić information content (AvgIpc) is 2.69. The first-order chi connectivity index (χ1) is 7.89. The van der Waals surface area contributed by atoms with Gasteiger partial charge in [-0.15, -0.1) is 0 Å². The van der Waals surface area contributed by atoms with Crippen LogP contribution in [0.1, 0.15) is 5.56 Å². The van der Waals surface area contributed by atoms with Crippen molar-refractivity contribution in [3.05, 3.63) is 42.2 Å². The quantitative estimate of drug-likeness (QED) is 0.664. The molecule has 0 unspecified atom stereocenters. The summed E-state index contributed by atoms with van der Waals surface area (Å²) in [7, 11) is -4.02. The monoisotopic (exact) mass is 255 g/mol. The molecule has 2 aromatic rings. The smallest absolute Gasteiger partial charge is 0.294 e. The molecule has 0 saturated carbocycles. The lowest BCUT2D eigenvalue weighted by Crippen LogP contribution is -1.96. The highest BCUT2D eigenvalue weighted by Crippen LogP contribution is 2.08. The Balaban J connectivity index is 0.000000202. The van der Waals surface area contributed by atoms with Crippen LogP contribution in [0, 0.1) is 6.92 Å². The Kier molecular flexibility index (Phi) is 4.24. The zero-order valence-corrected chi connectivity index (χ0v) is 9.98. The summed E-state index contributed by atoms with van der Waals surface area (Å²) in [6, 6.07) is 5.99. The van der Waals surface area contributed by atoms with E-state index in [-0.39, 0.29) is 4.90 Å². The minimum atomic E-state index is -4.02. The second kappa shape index (κ2) is 5.46. The summed E-state index contributed by atoms with van der Waals surface area (Å²) in [5.74, 6) is 0.468. The van der Waals surface area contributed by atoms with Gasteiger partial charge in [0.2, 0.25) is 0 Å². The van der Waals surface area contributed by atoms with Crippen LogP contribution in [-0.2, 0) is 10.1 Å². The van der Waals surface area contributed by atoms with Gasteiger partial charge in [0.25, 0.3) is 10.1 Å². The fourth-order valence-electron chi connectivity index (χ4n) is 0.988. The zero-order chi connectivity index (χ0) is 12.9. The molecule has 2 rings (SSSR count). The summed E-state index contributed by atoms with van der Waals surface area (Å²) in [6.45, 7) is 1.84. The Hall–Kier alpha value is -1.86. The maximum Gasteiger partial charge on any atom is 0.294 e. The number of aromatic amines is 1. The largest absolute Gasteiger partial charge is 0.369 e. The van der Waals surface area contributed by atoms with Crippen LogP contribution in [-0.4, -0.2) is 22.9 Å². The van der Waals surface area contributed by atoms with Gasteiger partial charge in [-0.1, -0.05) is 17.7 Å². The van der Waals surface area contributed by atoms with Crippen molar-refractivity contribution in [1.82, 2.24) is 9.97 Å². The van der Waals surface area contributed by atoms with Gasteiger partial charge in [0.1, 0.15) is 0 Å². The number of imidazole rings is 1. The van der Waals surface area contributed by atoms with Crippen LogP contribution in [0.25, 0.3) is 0 Å². The van der Waals surface area contributed by atoms with Gasteiger partial charge in [-0.05, 0) is 19.1 Å². The summed E-state index contributed by atoms with van der Waals surface area (Å²) >= 11 is 0. The summed E-state index contributed by atoms with van der Waals surface area (Å²) in [4.78, 5) is 6.24. The molecule has 6 nitrogen and oxygen atoms in total. The van der Waals surface area contributed by atoms with Crippen LogP contribution in [0.4, 0.5) is 5.95 Å². The minimum absolute atomic E-state index is 0.0666. The molecule has 0 aliphatic rings. The number of nitrogens with one attached hydrogen (secondary N) is 1. The Bertz CT molecular complexity index is 547. The molecule has 92 valence electrons. The standard InChI is InChI=1S/C7H8O3S.C3H5N3/c1-6-2-4-7(5-3-6)11(8,9)10;4-3-5-1-2-6-3/h2-5H,1H3,(H,8,9,10);1-2H,(H3,4,5,6). The fraction of sp³-hybridized carbons (Fsp3) is 0.100. The second-order valence-electron chi connectivity index (χ2n) is 3.26.